The predicted molar refractivity (Wildman–Crippen MR) is 77.2 cm³/mol. The van der Waals surface area contributed by atoms with Crippen molar-refractivity contribution in [2.75, 3.05) is 11.9 Å². The molecule has 0 radical (unpaired) electrons. The number of benzene rings is 1. The zero-order chi connectivity index (χ0) is 13.8. The molecule has 0 saturated carbocycles. The van der Waals surface area contributed by atoms with E-state index in [0.29, 0.717) is 35.1 Å². The largest absolute Gasteiger partial charge is 0.329 e. The second-order valence-corrected chi connectivity index (χ2v) is 5.11. The number of carbonyl (C=O) groups excluding carboxylic acids is 1. The fourth-order valence-electron chi connectivity index (χ4n) is 1.80. The Hall–Kier alpha value is -0.770. The van der Waals surface area contributed by atoms with Crippen molar-refractivity contribution in [2.45, 2.75) is 26.7 Å². The molecule has 5 heteroatoms. The monoisotopic (exact) mass is 288 g/mol. The minimum atomic E-state index is -0.550. The van der Waals surface area contributed by atoms with Crippen molar-refractivity contribution in [1.82, 2.24) is 0 Å². The van der Waals surface area contributed by atoms with E-state index in [1.807, 2.05) is 13.8 Å². The van der Waals surface area contributed by atoms with E-state index in [1.165, 1.54) is 0 Å². The Balaban J connectivity index is 2.96. The Morgan fingerprint density at radius 2 is 1.94 bits per heavy atom. The number of hydrogen-bond acceptors (Lipinski definition) is 2. The van der Waals surface area contributed by atoms with Crippen molar-refractivity contribution in [3.63, 3.8) is 0 Å². The Bertz CT molecular complexity index is 423. The number of rotatable bonds is 5. The summed E-state index contributed by atoms with van der Waals surface area (Å²) >= 11 is 11.9. The maximum atomic E-state index is 12.3. The standard InChI is InChI=1S/C13H18Cl2N2O/c1-3-13(4-2,8-16)12(18)17-11-7-9(14)5-6-10(11)15/h5-7H,3-4,8,16H2,1-2H3,(H,17,18). The van der Waals surface area contributed by atoms with Gasteiger partial charge in [0.1, 0.15) is 0 Å². The summed E-state index contributed by atoms with van der Waals surface area (Å²) < 4.78 is 0. The third-order valence-electron chi connectivity index (χ3n) is 3.40. The van der Waals surface area contributed by atoms with Gasteiger partial charge in [-0.25, -0.2) is 0 Å². The Morgan fingerprint density at radius 1 is 1.33 bits per heavy atom. The molecule has 0 aromatic heterocycles. The number of hydrogen-bond donors (Lipinski definition) is 2. The van der Waals surface area contributed by atoms with E-state index >= 15 is 0 Å². The molecule has 1 aromatic rings. The van der Waals surface area contributed by atoms with E-state index in [0.717, 1.165) is 0 Å². The summed E-state index contributed by atoms with van der Waals surface area (Å²) in [5, 5.41) is 3.80. The molecule has 1 aromatic carbocycles. The maximum absolute atomic E-state index is 12.3. The Kier molecular flexibility index (Phi) is 5.45. The molecule has 0 aliphatic heterocycles. The third-order valence-corrected chi connectivity index (χ3v) is 3.97. The summed E-state index contributed by atoms with van der Waals surface area (Å²) in [6.45, 7) is 4.22. The van der Waals surface area contributed by atoms with Crippen molar-refractivity contribution in [3.8, 4) is 0 Å². The molecule has 100 valence electrons. The fraction of sp³-hybridized carbons (Fsp3) is 0.462. The first-order valence-electron chi connectivity index (χ1n) is 5.95. The van der Waals surface area contributed by atoms with Crippen LogP contribution >= 0.6 is 23.2 Å². The lowest BCUT2D eigenvalue weighted by Gasteiger charge is -2.28. The van der Waals surface area contributed by atoms with Gasteiger partial charge in [0, 0.05) is 11.6 Å². The Morgan fingerprint density at radius 3 is 2.44 bits per heavy atom. The second kappa shape index (κ2) is 6.41. The zero-order valence-electron chi connectivity index (χ0n) is 10.6. The lowest BCUT2D eigenvalue weighted by Crippen LogP contribution is -2.41. The fourth-order valence-corrected chi connectivity index (χ4v) is 2.14. The average molecular weight is 289 g/mol. The SMILES string of the molecule is CCC(CC)(CN)C(=O)Nc1cc(Cl)ccc1Cl. The van der Waals surface area contributed by atoms with Crippen LogP contribution in [-0.4, -0.2) is 12.5 Å². The minimum absolute atomic E-state index is 0.112. The highest BCUT2D eigenvalue weighted by Crippen LogP contribution is 2.30. The van der Waals surface area contributed by atoms with Gasteiger partial charge in [-0.15, -0.1) is 0 Å². The molecular formula is C13H18Cl2N2O. The number of carbonyl (C=O) groups is 1. The summed E-state index contributed by atoms with van der Waals surface area (Å²) in [6, 6.07) is 4.96. The summed E-state index contributed by atoms with van der Waals surface area (Å²) in [6.07, 6.45) is 1.37. The first-order valence-corrected chi connectivity index (χ1v) is 6.71. The number of amides is 1. The summed E-state index contributed by atoms with van der Waals surface area (Å²) in [7, 11) is 0. The van der Waals surface area contributed by atoms with Gasteiger partial charge in [0.2, 0.25) is 5.91 Å². The molecule has 0 aliphatic rings. The lowest BCUT2D eigenvalue weighted by atomic mass is 9.81. The first kappa shape index (κ1) is 15.3. The van der Waals surface area contributed by atoms with Crippen LogP contribution in [0.1, 0.15) is 26.7 Å². The highest BCUT2D eigenvalue weighted by Gasteiger charge is 2.33. The van der Waals surface area contributed by atoms with E-state index in [4.69, 9.17) is 28.9 Å². The topological polar surface area (TPSA) is 55.1 Å². The molecule has 0 heterocycles. The van der Waals surface area contributed by atoms with Crippen LogP contribution in [0.15, 0.2) is 18.2 Å². The molecule has 3 nitrogen and oxygen atoms in total. The number of halogens is 2. The molecule has 0 unspecified atom stereocenters. The number of nitrogens with one attached hydrogen (secondary N) is 1. The van der Waals surface area contributed by atoms with E-state index in [-0.39, 0.29) is 5.91 Å². The molecule has 0 atom stereocenters. The zero-order valence-corrected chi connectivity index (χ0v) is 12.1. The highest BCUT2D eigenvalue weighted by atomic mass is 35.5. The molecule has 0 bridgehead atoms. The quantitative estimate of drug-likeness (QED) is 0.868. The van der Waals surface area contributed by atoms with Crippen LogP contribution in [0.3, 0.4) is 0 Å². The Labute approximate surface area is 118 Å². The molecule has 1 amide bonds. The van der Waals surface area contributed by atoms with E-state index < -0.39 is 5.41 Å². The second-order valence-electron chi connectivity index (χ2n) is 4.27. The van der Waals surface area contributed by atoms with Crippen molar-refractivity contribution >= 4 is 34.8 Å². The van der Waals surface area contributed by atoms with Gasteiger partial charge < -0.3 is 11.1 Å². The van der Waals surface area contributed by atoms with Crippen LogP contribution in [0.25, 0.3) is 0 Å². The van der Waals surface area contributed by atoms with Crippen molar-refractivity contribution < 1.29 is 4.79 Å². The van der Waals surface area contributed by atoms with Gasteiger partial charge in [-0.2, -0.15) is 0 Å². The van der Waals surface area contributed by atoms with Crippen molar-refractivity contribution in [2.24, 2.45) is 11.1 Å². The normalized spacial score (nSPS) is 11.4. The minimum Gasteiger partial charge on any atom is -0.329 e. The maximum Gasteiger partial charge on any atom is 0.231 e. The van der Waals surface area contributed by atoms with Gasteiger partial charge in [0.25, 0.3) is 0 Å². The van der Waals surface area contributed by atoms with Gasteiger partial charge in [-0.3, -0.25) is 4.79 Å². The van der Waals surface area contributed by atoms with E-state index in [1.54, 1.807) is 18.2 Å². The summed E-state index contributed by atoms with van der Waals surface area (Å²) in [5.74, 6) is -0.112. The van der Waals surface area contributed by atoms with Gasteiger partial charge in [0.15, 0.2) is 0 Å². The van der Waals surface area contributed by atoms with Crippen LogP contribution in [0.4, 0.5) is 5.69 Å². The van der Waals surface area contributed by atoms with E-state index in [9.17, 15) is 4.79 Å². The average Bonchev–Trinajstić information content (AvgIpc) is 2.37. The van der Waals surface area contributed by atoms with Crippen LogP contribution < -0.4 is 11.1 Å². The molecular weight excluding hydrogens is 271 g/mol. The third kappa shape index (κ3) is 3.16. The molecule has 0 aliphatic carbocycles. The van der Waals surface area contributed by atoms with Crippen molar-refractivity contribution in [1.29, 1.82) is 0 Å². The number of anilines is 1. The molecule has 0 spiro atoms. The highest BCUT2D eigenvalue weighted by molar-refractivity contribution is 6.35. The molecule has 3 N–H and O–H groups in total. The van der Waals surface area contributed by atoms with Gasteiger partial charge >= 0.3 is 0 Å². The van der Waals surface area contributed by atoms with E-state index in [2.05, 4.69) is 5.32 Å². The van der Waals surface area contributed by atoms with Crippen LogP contribution in [-0.2, 0) is 4.79 Å². The van der Waals surface area contributed by atoms with Crippen LogP contribution in [0.2, 0.25) is 10.0 Å². The molecule has 0 fully saturated rings. The molecule has 0 saturated heterocycles. The van der Waals surface area contributed by atoms with Crippen LogP contribution in [0, 0.1) is 5.41 Å². The molecule has 1 rings (SSSR count). The van der Waals surface area contributed by atoms with Crippen molar-refractivity contribution in [3.05, 3.63) is 28.2 Å². The predicted octanol–water partition coefficient (Wildman–Crippen LogP) is 3.70. The summed E-state index contributed by atoms with van der Waals surface area (Å²) in [4.78, 5) is 12.3. The first-order chi connectivity index (χ1) is 8.49. The smallest absolute Gasteiger partial charge is 0.231 e. The van der Waals surface area contributed by atoms with Crippen LogP contribution in [0.5, 0.6) is 0 Å². The number of nitrogens with two attached hydrogens (primary N) is 1. The molecule has 18 heavy (non-hydrogen) atoms. The lowest BCUT2D eigenvalue weighted by molar-refractivity contribution is -0.125. The van der Waals surface area contributed by atoms with Gasteiger partial charge in [-0.1, -0.05) is 37.0 Å². The summed E-state index contributed by atoms with van der Waals surface area (Å²) in [5.41, 5.74) is 5.70. The van der Waals surface area contributed by atoms with Gasteiger partial charge in [0.05, 0.1) is 16.1 Å². The van der Waals surface area contributed by atoms with Gasteiger partial charge in [-0.05, 0) is 31.0 Å².